The monoisotopic (exact) mass is 275 g/mol. The third kappa shape index (κ3) is 2.60. The van der Waals surface area contributed by atoms with Crippen LogP contribution in [0.4, 0.5) is 18.9 Å². The molecule has 0 saturated heterocycles. The Morgan fingerprint density at radius 1 is 1.42 bits per heavy atom. The quantitative estimate of drug-likeness (QED) is 0.319. The molecule has 0 fully saturated rings. The van der Waals surface area contributed by atoms with Crippen LogP contribution < -0.4 is 21.3 Å². The number of ether oxygens (including phenoxy) is 1. The van der Waals surface area contributed by atoms with Crippen molar-refractivity contribution in [2.24, 2.45) is 5.84 Å². The zero-order chi connectivity index (χ0) is 14.2. The molecule has 1 aliphatic heterocycles. The third-order valence-electron chi connectivity index (χ3n) is 2.49. The first-order chi connectivity index (χ1) is 8.81. The summed E-state index contributed by atoms with van der Waals surface area (Å²) in [6.45, 7) is 0. The fraction of sp³-hybridized carbons (Fsp3) is 0.200. The Morgan fingerprint density at radius 3 is 2.68 bits per heavy atom. The van der Waals surface area contributed by atoms with E-state index < -0.39 is 29.8 Å². The van der Waals surface area contributed by atoms with E-state index in [4.69, 9.17) is 5.84 Å². The number of hydrazine groups is 1. The summed E-state index contributed by atoms with van der Waals surface area (Å²) in [5.74, 6) is 1.63. The fourth-order valence-electron chi connectivity index (χ4n) is 1.78. The van der Waals surface area contributed by atoms with Crippen LogP contribution in [-0.4, -0.2) is 18.2 Å². The lowest BCUT2D eigenvalue weighted by molar-refractivity contribution is -0.274. The van der Waals surface area contributed by atoms with Gasteiger partial charge in [0.15, 0.2) is 0 Å². The fourth-order valence-corrected chi connectivity index (χ4v) is 1.78. The molecule has 9 heteroatoms. The van der Waals surface area contributed by atoms with Gasteiger partial charge < -0.3 is 10.1 Å². The van der Waals surface area contributed by atoms with Crippen LogP contribution in [0, 0.1) is 0 Å². The second kappa shape index (κ2) is 4.43. The van der Waals surface area contributed by atoms with Crippen molar-refractivity contribution in [1.29, 1.82) is 0 Å². The van der Waals surface area contributed by atoms with Gasteiger partial charge in [-0.2, -0.15) is 0 Å². The number of carbonyl (C=O) groups is 2. The van der Waals surface area contributed by atoms with Gasteiger partial charge in [0.2, 0.25) is 5.91 Å². The van der Waals surface area contributed by atoms with Crippen molar-refractivity contribution in [2.45, 2.75) is 12.3 Å². The molecule has 0 saturated carbocycles. The van der Waals surface area contributed by atoms with Crippen LogP contribution in [0.25, 0.3) is 0 Å². The number of hydrogen-bond donors (Lipinski definition) is 3. The van der Waals surface area contributed by atoms with Crippen molar-refractivity contribution < 1.29 is 27.5 Å². The Hall–Kier alpha value is -2.29. The molecule has 1 atom stereocenters. The SMILES string of the molecule is NNC(=O)C1C(=O)Nc2ccc(OC(F)(F)F)cc21. The highest BCUT2D eigenvalue weighted by Gasteiger charge is 2.37. The third-order valence-corrected chi connectivity index (χ3v) is 2.49. The molecule has 6 nitrogen and oxygen atoms in total. The molecule has 1 unspecified atom stereocenters. The summed E-state index contributed by atoms with van der Waals surface area (Å²) in [6.07, 6.45) is -4.85. The molecule has 1 heterocycles. The standard InChI is InChI=1S/C10H8F3N3O3/c11-10(12,13)19-4-1-2-6-5(3-4)7(8(17)15-6)9(18)16-14/h1-3,7H,14H2,(H,15,17)(H,16,18). The van der Waals surface area contributed by atoms with E-state index in [0.717, 1.165) is 12.1 Å². The molecular weight excluding hydrogens is 267 g/mol. The van der Waals surface area contributed by atoms with Crippen LogP contribution in [0.3, 0.4) is 0 Å². The number of anilines is 1. The van der Waals surface area contributed by atoms with E-state index in [1.54, 1.807) is 5.43 Å². The predicted octanol–water partition coefficient (Wildman–Crippen LogP) is 0.611. The van der Waals surface area contributed by atoms with E-state index in [1.807, 2.05) is 0 Å². The Labute approximate surface area is 104 Å². The highest BCUT2D eigenvalue weighted by Crippen LogP contribution is 2.36. The summed E-state index contributed by atoms with van der Waals surface area (Å²) < 4.78 is 40.0. The van der Waals surface area contributed by atoms with Crippen molar-refractivity contribution in [3.63, 3.8) is 0 Å². The van der Waals surface area contributed by atoms with Crippen LogP contribution in [0.1, 0.15) is 11.5 Å². The van der Waals surface area contributed by atoms with E-state index in [9.17, 15) is 22.8 Å². The van der Waals surface area contributed by atoms with Gasteiger partial charge in [-0.05, 0) is 18.2 Å². The zero-order valence-corrected chi connectivity index (χ0v) is 9.25. The molecule has 0 spiro atoms. The minimum absolute atomic E-state index is 0.0784. The molecule has 1 aliphatic rings. The Bertz CT molecular complexity index is 537. The summed E-state index contributed by atoms with van der Waals surface area (Å²) in [5, 5.41) is 2.36. The number of carbonyl (C=O) groups excluding carboxylic acids is 2. The molecule has 2 rings (SSSR count). The number of nitrogens with one attached hydrogen (secondary N) is 2. The summed E-state index contributed by atoms with van der Waals surface area (Å²) in [5.41, 5.74) is 2.11. The maximum atomic E-state index is 12.1. The van der Waals surface area contributed by atoms with Crippen molar-refractivity contribution in [3.8, 4) is 5.75 Å². The van der Waals surface area contributed by atoms with Gasteiger partial charge in [-0.25, -0.2) is 5.84 Å². The minimum atomic E-state index is -4.85. The van der Waals surface area contributed by atoms with E-state index in [2.05, 4.69) is 10.1 Å². The number of halogens is 3. The average Bonchev–Trinajstić information content (AvgIpc) is 2.61. The number of alkyl halides is 3. The lowest BCUT2D eigenvalue weighted by Crippen LogP contribution is -2.37. The van der Waals surface area contributed by atoms with Crippen LogP contribution in [0.2, 0.25) is 0 Å². The molecule has 4 N–H and O–H groups in total. The lowest BCUT2D eigenvalue weighted by Gasteiger charge is -2.11. The summed E-state index contributed by atoms with van der Waals surface area (Å²) in [6, 6.07) is 3.23. The minimum Gasteiger partial charge on any atom is -0.406 e. The number of amides is 2. The molecule has 1 aromatic carbocycles. The van der Waals surface area contributed by atoms with Gasteiger partial charge >= 0.3 is 6.36 Å². The van der Waals surface area contributed by atoms with E-state index in [1.165, 1.54) is 6.07 Å². The van der Waals surface area contributed by atoms with Gasteiger partial charge in [0.1, 0.15) is 11.7 Å². The van der Waals surface area contributed by atoms with Crippen molar-refractivity contribution in [2.75, 3.05) is 5.32 Å². The first-order valence-electron chi connectivity index (χ1n) is 5.03. The van der Waals surface area contributed by atoms with Gasteiger partial charge in [0.25, 0.3) is 5.91 Å². The smallest absolute Gasteiger partial charge is 0.406 e. The maximum Gasteiger partial charge on any atom is 0.573 e. The number of nitrogens with two attached hydrogens (primary N) is 1. The van der Waals surface area contributed by atoms with Gasteiger partial charge in [-0.1, -0.05) is 0 Å². The summed E-state index contributed by atoms with van der Waals surface area (Å²) >= 11 is 0. The lowest BCUT2D eigenvalue weighted by atomic mass is 10.00. The number of benzene rings is 1. The van der Waals surface area contributed by atoms with Gasteiger partial charge in [0.05, 0.1) is 0 Å². The summed E-state index contributed by atoms with van der Waals surface area (Å²) in [4.78, 5) is 23.0. The summed E-state index contributed by atoms with van der Waals surface area (Å²) in [7, 11) is 0. The number of fused-ring (bicyclic) bond motifs is 1. The van der Waals surface area contributed by atoms with Crippen LogP contribution in [0.5, 0.6) is 5.75 Å². The van der Waals surface area contributed by atoms with Crippen molar-refractivity contribution in [3.05, 3.63) is 23.8 Å². The van der Waals surface area contributed by atoms with Crippen LogP contribution >= 0.6 is 0 Å². The molecule has 0 bridgehead atoms. The Morgan fingerprint density at radius 2 is 2.11 bits per heavy atom. The first kappa shape index (κ1) is 13.1. The average molecular weight is 275 g/mol. The highest BCUT2D eigenvalue weighted by atomic mass is 19.4. The molecule has 2 amide bonds. The van der Waals surface area contributed by atoms with Crippen molar-refractivity contribution >= 4 is 17.5 Å². The van der Waals surface area contributed by atoms with Gasteiger partial charge in [0, 0.05) is 11.3 Å². The molecule has 1 aromatic rings. The number of rotatable bonds is 2. The molecule has 102 valence electrons. The maximum absolute atomic E-state index is 12.1. The second-order valence-corrected chi connectivity index (χ2v) is 3.73. The van der Waals surface area contributed by atoms with Crippen LogP contribution in [-0.2, 0) is 9.59 Å². The zero-order valence-electron chi connectivity index (χ0n) is 9.25. The van der Waals surface area contributed by atoms with E-state index in [0.29, 0.717) is 0 Å². The van der Waals surface area contributed by atoms with Gasteiger partial charge in [-0.15, -0.1) is 13.2 Å². The molecular formula is C10H8F3N3O3. The topological polar surface area (TPSA) is 93.5 Å². The van der Waals surface area contributed by atoms with Crippen LogP contribution in [0.15, 0.2) is 18.2 Å². The highest BCUT2D eigenvalue weighted by molar-refractivity contribution is 6.16. The molecule has 0 aromatic heterocycles. The largest absolute Gasteiger partial charge is 0.573 e. The van der Waals surface area contributed by atoms with E-state index in [-0.39, 0.29) is 11.3 Å². The Balaban J connectivity index is 2.36. The van der Waals surface area contributed by atoms with Crippen molar-refractivity contribution in [1.82, 2.24) is 5.43 Å². The first-order valence-corrected chi connectivity index (χ1v) is 5.03. The Kier molecular flexibility index (Phi) is 3.06. The molecule has 0 radical (unpaired) electrons. The normalized spacial score (nSPS) is 17.7. The number of hydrogen-bond acceptors (Lipinski definition) is 4. The van der Waals surface area contributed by atoms with E-state index >= 15 is 0 Å². The van der Waals surface area contributed by atoms with Gasteiger partial charge in [-0.3, -0.25) is 15.0 Å². The molecule has 0 aliphatic carbocycles. The predicted molar refractivity (Wildman–Crippen MR) is 56.8 cm³/mol. The molecule has 19 heavy (non-hydrogen) atoms. The second-order valence-electron chi connectivity index (χ2n) is 3.73.